The van der Waals surface area contributed by atoms with Gasteiger partial charge in [0.05, 0.1) is 5.52 Å². The molecule has 0 bridgehead atoms. The van der Waals surface area contributed by atoms with Gasteiger partial charge in [-0.3, -0.25) is 4.98 Å². The molecule has 1 aliphatic rings. The van der Waals surface area contributed by atoms with Crippen LogP contribution in [0.5, 0.6) is 0 Å². The smallest absolute Gasteiger partial charge is 0.164 e. The summed E-state index contributed by atoms with van der Waals surface area (Å²) >= 11 is 0. The lowest BCUT2D eigenvalue weighted by Crippen LogP contribution is -2.01. The number of aromatic nitrogens is 4. The lowest BCUT2D eigenvalue weighted by molar-refractivity contribution is 0.669. The molecule has 51 heavy (non-hydrogen) atoms. The second-order valence-electron chi connectivity index (χ2n) is 13.0. The van der Waals surface area contributed by atoms with Gasteiger partial charge in [0.15, 0.2) is 17.5 Å². The molecular weight excluding hydrogens is 625 g/mol. The lowest BCUT2D eigenvalue weighted by atomic mass is 9.93. The minimum atomic E-state index is 0.628. The van der Waals surface area contributed by atoms with Gasteiger partial charge in [-0.1, -0.05) is 121 Å². The Bertz CT molecular complexity index is 3030. The Hall–Kier alpha value is -6.98. The van der Waals surface area contributed by atoms with Gasteiger partial charge < -0.3 is 4.42 Å². The molecule has 10 aromatic rings. The van der Waals surface area contributed by atoms with Gasteiger partial charge in [-0.05, 0) is 74.5 Å². The number of fused-ring (bicyclic) bond motifs is 7. The summed E-state index contributed by atoms with van der Waals surface area (Å²) in [4.78, 5) is 20.0. The van der Waals surface area contributed by atoms with Crippen LogP contribution in [0.25, 0.3) is 111 Å². The van der Waals surface area contributed by atoms with Crippen LogP contribution in [0, 0.1) is 0 Å². The molecular formula is C46H26N4O. The van der Waals surface area contributed by atoms with Gasteiger partial charge in [0.2, 0.25) is 0 Å². The predicted molar refractivity (Wildman–Crippen MR) is 206 cm³/mol. The average molecular weight is 651 g/mol. The molecule has 0 N–H and O–H groups in total. The van der Waals surface area contributed by atoms with Crippen LogP contribution in [0.1, 0.15) is 0 Å². The van der Waals surface area contributed by atoms with E-state index < -0.39 is 0 Å². The highest BCUT2D eigenvalue weighted by atomic mass is 16.3. The molecule has 5 heteroatoms. The van der Waals surface area contributed by atoms with E-state index in [1.807, 2.05) is 54.7 Å². The Kier molecular flexibility index (Phi) is 5.89. The highest BCUT2D eigenvalue weighted by molar-refractivity contribution is 6.17. The molecule has 0 radical (unpaired) electrons. The van der Waals surface area contributed by atoms with Crippen LogP contribution in [-0.4, -0.2) is 19.9 Å². The van der Waals surface area contributed by atoms with Crippen LogP contribution in [0.2, 0.25) is 0 Å². The third-order valence-corrected chi connectivity index (χ3v) is 10.1. The SMILES string of the molecule is c1ccc(-c2nc(-c3ccc4c(c3)-c3ccnc5cccc-4c35)nc(-c3cccc4c(-c5cccc6oc7ccccc7c56)cccc34)n2)cc1. The Balaban J connectivity index is 1.12. The van der Waals surface area contributed by atoms with Crippen molar-refractivity contribution in [2.75, 3.05) is 0 Å². The summed E-state index contributed by atoms with van der Waals surface area (Å²) in [5.74, 6) is 1.89. The number of benzene rings is 7. The Morgan fingerprint density at radius 3 is 1.86 bits per heavy atom. The van der Waals surface area contributed by atoms with Gasteiger partial charge in [0.1, 0.15) is 11.2 Å². The quantitative estimate of drug-likeness (QED) is 0.190. The summed E-state index contributed by atoms with van der Waals surface area (Å²) < 4.78 is 6.26. The van der Waals surface area contributed by atoms with Gasteiger partial charge >= 0.3 is 0 Å². The van der Waals surface area contributed by atoms with Crippen molar-refractivity contribution in [1.29, 1.82) is 0 Å². The van der Waals surface area contributed by atoms with Crippen LogP contribution in [-0.2, 0) is 0 Å². The van der Waals surface area contributed by atoms with Crippen LogP contribution in [0.3, 0.4) is 0 Å². The number of para-hydroxylation sites is 1. The number of nitrogens with zero attached hydrogens (tertiary/aromatic N) is 4. The molecule has 0 atom stereocenters. The van der Waals surface area contributed by atoms with E-state index in [9.17, 15) is 0 Å². The van der Waals surface area contributed by atoms with Gasteiger partial charge in [-0.2, -0.15) is 0 Å². The van der Waals surface area contributed by atoms with E-state index in [0.29, 0.717) is 17.5 Å². The second kappa shape index (κ2) is 10.8. The molecule has 3 heterocycles. The molecule has 0 saturated heterocycles. The van der Waals surface area contributed by atoms with Crippen LogP contribution >= 0.6 is 0 Å². The third kappa shape index (κ3) is 4.22. The largest absolute Gasteiger partial charge is 0.456 e. The first-order valence-electron chi connectivity index (χ1n) is 17.1. The van der Waals surface area contributed by atoms with E-state index in [4.69, 9.17) is 19.4 Å². The van der Waals surface area contributed by atoms with E-state index in [0.717, 1.165) is 66.0 Å². The van der Waals surface area contributed by atoms with Crippen molar-refractivity contribution >= 4 is 43.6 Å². The van der Waals surface area contributed by atoms with E-state index >= 15 is 0 Å². The van der Waals surface area contributed by atoms with Crippen molar-refractivity contribution in [2.24, 2.45) is 0 Å². The Morgan fingerprint density at radius 2 is 0.980 bits per heavy atom. The van der Waals surface area contributed by atoms with Crippen LogP contribution in [0.15, 0.2) is 162 Å². The van der Waals surface area contributed by atoms with Crippen molar-refractivity contribution in [3.05, 3.63) is 158 Å². The Labute approximate surface area is 292 Å². The normalized spacial score (nSPS) is 11.9. The molecule has 0 unspecified atom stereocenters. The monoisotopic (exact) mass is 650 g/mol. The van der Waals surface area contributed by atoms with Crippen molar-refractivity contribution in [2.45, 2.75) is 0 Å². The number of rotatable bonds is 4. The van der Waals surface area contributed by atoms with Crippen LogP contribution < -0.4 is 0 Å². The van der Waals surface area contributed by atoms with Crippen molar-refractivity contribution in [3.8, 4) is 67.5 Å². The predicted octanol–water partition coefficient (Wildman–Crippen LogP) is 11.8. The molecule has 1 aliphatic carbocycles. The molecule has 236 valence electrons. The fourth-order valence-corrected chi connectivity index (χ4v) is 7.88. The van der Waals surface area contributed by atoms with E-state index in [1.165, 1.54) is 27.6 Å². The first-order valence-corrected chi connectivity index (χ1v) is 17.1. The minimum Gasteiger partial charge on any atom is -0.456 e. The molecule has 11 rings (SSSR count). The zero-order valence-electron chi connectivity index (χ0n) is 27.2. The number of hydrogen-bond donors (Lipinski definition) is 0. The van der Waals surface area contributed by atoms with E-state index in [-0.39, 0.29) is 0 Å². The first-order chi connectivity index (χ1) is 25.3. The summed E-state index contributed by atoms with van der Waals surface area (Å²) in [6.45, 7) is 0. The number of furan rings is 1. The third-order valence-electron chi connectivity index (χ3n) is 10.1. The van der Waals surface area contributed by atoms with Gasteiger partial charge in [0, 0.05) is 39.0 Å². The van der Waals surface area contributed by atoms with E-state index in [2.05, 4.69) is 108 Å². The Morgan fingerprint density at radius 1 is 0.353 bits per heavy atom. The summed E-state index contributed by atoms with van der Waals surface area (Å²) in [7, 11) is 0. The zero-order chi connectivity index (χ0) is 33.5. The van der Waals surface area contributed by atoms with Gasteiger partial charge in [-0.25, -0.2) is 15.0 Å². The number of pyridine rings is 1. The summed E-state index contributed by atoms with van der Waals surface area (Å²) in [6.07, 6.45) is 1.89. The standard InChI is InChI=1S/C46H26N4O/c1-2-10-27(11-3-1)44-48-45(28-22-23-32-33-16-8-19-39-42(33)35(24-25-47-39)38(32)26-28)50-46(49-44)36-18-7-13-29-30(14-6-15-31(29)36)34-17-9-21-41-43(34)37-12-4-5-20-40(37)51-41/h1-26H. The zero-order valence-corrected chi connectivity index (χ0v) is 27.2. The molecule has 0 aliphatic heterocycles. The second-order valence-corrected chi connectivity index (χ2v) is 13.0. The summed E-state index contributed by atoms with van der Waals surface area (Å²) in [6, 6.07) is 52.5. The van der Waals surface area contributed by atoms with Crippen LogP contribution in [0.4, 0.5) is 0 Å². The first kappa shape index (κ1) is 27.9. The molecule has 5 nitrogen and oxygen atoms in total. The van der Waals surface area contributed by atoms with Gasteiger partial charge in [-0.15, -0.1) is 0 Å². The fraction of sp³-hybridized carbons (Fsp3) is 0. The summed E-state index contributed by atoms with van der Waals surface area (Å²) in [5.41, 5.74) is 12.6. The maximum absolute atomic E-state index is 6.26. The summed E-state index contributed by atoms with van der Waals surface area (Å²) in [5, 5.41) is 5.60. The highest BCUT2D eigenvalue weighted by Gasteiger charge is 2.23. The molecule has 0 amide bonds. The van der Waals surface area contributed by atoms with Crippen molar-refractivity contribution in [1.82, 2.24) is 19.9 Å². The van der Waals surface area contributed by atoms with Gasteiger partial charge in [0.25, 0.3) is 0 Å². The topological polar surface area (TPSA) is 64.7 Å². The molecule has 0 saturated carbocycles. The average Bonchev–Trinajstić information content (AvgIpc) is 3.74. The molecule has 0 spiro atoms. The molecule has 7 aromatic carbocycles. The van der Waals surface area contributed by atoms with Crippen molar-refractivity contribution in [3.63, 3.8) is 0 Å². The minimum absolute atomic E-state index is 0.628. The molecule has 0 fully saturated rings. The maximum Gasteiger partial charge on any atom is 0.164 e. The fourth-order valence-electron chi connectivity index (χ4n) is 7.88. The maximum atomic E-state index is 6.26. The lowest BCUT2D eigenvalue weighted by Gasteiger charge is -2.13. The van der Waals surface area contributed by atoms with E-state index in [1.54, 1.807) is 0 Å². The molecule has 3 aromatic heterocycles. The highest BCUT2D eigenvalue weighted by Crippen LogP contribution is 2.48. The van der Waals surface area contributed by atoms with Crippen molar-refractivity contribution < 1.29 is 4.42 Å². The number of hydrogen-bond acceptors (Lipinski definition) is 5.